The summed E-state index contributed by atoms with van der Waals surface area (Å²) in [6, 6.07) is 3.50. The summed E-state index contributed by atoms with van der Waals surface area (Å²) in [5.41, 5.74) is 4.12. The van der Waals surface area contributed by atoms with E-state index in [0.29, 0.717) is 13.0 Å². The van der Waals surface area contributed by atoms with Crippen LogP contribution in [0.15, 0.2) is 12.1 Å². The number of carboxylic acids is 1. The van der Waals surface area contributed by atoms with Gasteiger partial charge in [0, 0.05) is 18.7 Å². The molecule has 0 bridgehead atoms. The topological polar surface area (TPSA) is 86.7 Å². The molecule has 1 aromatic carbocycles. The number of nitrogens with one attached hydrogen (secondary N) is 1. The summed E-state index contributed by atoms with van der Waals surface area (Å²) in [4.78, 5) is 36.5. The van der Waals surface area contributed by atoms with Crippen LogP contribution in [-0.4, -0.2) is 35.5 Å². The van der Waals surface area contributed by atoms with Crippen LogP contribution in [-0.2, 0) is 14.4 Å². The third-order valence-electron chi connectivity index (χ3n) is 4.01. The van der Waals surface area contributed by atoms with E-state index in [1.165, 1.54) is 0 Å². The van der Waals surface area contributed by atoms with E-state index >= 15 is 0 Å². The maximum Gasteiger partial charge on any atom is 0.303 e. The summed E-state index contributed by atoms with van der Waals surface area (Å²) in [6.45, 7) is 6.51. The highest BCUT2D eigenvalue weighted by Crippen LogP contribution is 2.30. The van der Waals surface area contributed by atoms with Gasteiger partial charge in [0.15, 0.2) is 0 Å². The van der Waals surface area contributed by atoms with Gasteiger partial charge in [0.05, 0.1) is 6.42 Å². The van der Waals surface area contributed by atoms with E-state index in [9.17, 15) is 14.4 Å². The average Bonchev–Trinajstić information content (AvgIpc) is 2.77. The molecule has 0 saturated carbocycles. The smallest absolute Gasteiger partial charge is 0.303 e. The van der Waals surface area contributed by atoms with Crippen LogP contribution in [0.4, 0.5) is 5.69 Å². The predicted molar refractivity (Wildman–Crippen MR) is 86.4 cm³/mol. The number of anilines is 1. The molecule has 0 aliphatic carbocycles. The van der Waals surface area contributed by atoms with E-state index < -0.39 is 17.9 Å². The molecule has 2 N–H and O–H groups in total. The Morgan fingerprint density at radius 3 is 2.39 bits per heavy atom. The van der Waals surface area contributed by atoms with Crippen molar-refractivity contribution in [3.05, 3.63) is 28.8 Å². The van der Waals surface area contributed by atoms with E-state index in [0.717, 1.165) is 22.4 Å². The number of carboxylic acid groups (broad SMARTS) is 1. The van der Waals surface area contributed by atoms with Crippen molar-refractivity contribution in [3.8, 4) is 0 Å². The largest absolute Gasteiger partial charge is 0.481 e. The highest BCUT2D eigenvalue weighted by molar-refractivity contribution is 6.02. The predicted octanol–water partition coefficient (Wildman–Crippen LogP) is 1.70. The number of hydrogen-bond donors (Lipinski definition) is 2. The van der Waals surface area contributed by atoms with Crippen molar-refractivity contribution in [3.63, 3.8) is 0 Å². The molecular weight excluding hydrogens is 296 g/mol. The van der Waals surface area contributed by atoms with E-state index in [2.05, 4.69) is 5.32 Å². The van der Waals surface area contributed by atoms with Gasteiger partial charge >= 0.3 is 5.97 Å². The Labute approximate surface area is 135 Å². The maximum atomic E-state index is 12.6. The minimum atomic E-state index is -1.02. The molecule has 0 radical (unpaired) electrons. The molecule has 1 atom stereocenters. The highest BCUT2D eigenvalue weighted by Gasteiger charge is 2.34. The van der Waals surface area contributed by atoms with Crippen LogP contribution >= 0.6 is 0 Å². The van der Waals surface area contributed by atoms with Gasteiger partial charge < -0.3 is 15.3 Å². The summed E-state index contributed by atoms with van der Waals surface area (Å²) in [7, 11) is 0. The Bertz CT molecular complexity index is 631. The first-order valence-corrected chi connectivity index (χ1v) is 7.70. The van der Waals surface area contributed by atoms with Crippen LogP contribution < -0.4 is 10.2 Å². The van der Waals surface area contributed by atoms with Gasteiger partial charge in [0.1, 0.15) is 6.04 Å². The molecule has 1 aromatic rings. The van der Waals surface area contributed by atoms with E-state index in [4.69, 9.17) is 5.11 Å². The Kier molecular flexibility index (Phi) is 5.03. The molecule has 2 rings (SSSR count). The molecule has 1 aliphatic rings. The lowest BCUT2D eigenvalue weighted by molar-refractivity contribution is -0.139. The van der Waals surface area contributed by atoms with Crippen LogP contribution in [0.3, 0.4) is 0 Å². The number of carbonyl (C=O) groups excluding carboxylic acids is 2. The number of carbonyl (C=O) groups is 3. The van der Waals surface area contributed by atoms with Crippen LogP contribution in [0.5, 0.6) is 0 Å². The zero-order valence-corrected chi connectivity index (χ0v) is 13.7. The number of aryl methyl sites for hydroxylation is 3. The molecule has 124 valence electrons. The van der Waals surface area contributed by atoms with Crippen molar-refractivity contribution in [1.82, 2.24) is 5.32 Å². The fourth-order valence-electron chi connectivity index (χ4n) is 3.12. The van der Waals surface area contributed by atoms with E-state index in [1.807, 2.05) is 32.9 Å². The van der Waals surface area contributed by atoms with Crippen molar-refractivity contribution in [2.75, 3.05) is 11.4 Å². The molecule has 1 unspecified atom stereocenters. The molecule has 23 heavy (non-hydrogen) atoms. The van der Waals surface area contributed by atoms with Gasteiger partial charge in [-0.25, -0.2) is 0 Å². The van der Waals surface area contributed by atoms with Gasteiger partial charge in [-0.2, -0.15) is 0 Å². The standard InChI is InChI=1S/C17H22N2O4/c1-10-8-11(2)16(12(3)9-10)19-7-6-13(17(19)23)18-14(20)4-5-15(21)22/h8-9,13H,4-7H2,1-3H3,(H,18,20)(H,21,22). The second kappa shape index (κ2) is 6.81. The Morgan fingerprint density at radius 1 is 1.22 bits per heavy atom. The normalized spacial score (nSPS) is 17.4. The molecule has 1 saturated heterocycles. The third kappa shape index (κ3) is 3.88. The summed E-state index contributed by atoms with van der Waals surface area (Å²) < 4.78 is 0. The van der Waals surface area contributed by atoms with Crippen LogP contribution in [0.2, 0.25) is 0 Å². The van der Waals surface area contributed by atoms with Crippen LogP contribution in [0.25, 0.3) is 0 Å². The molecule has 6 heteroatoms. The summed E-state index contributed by atoms with van der Waals surface area (Å²) in [5.74, 6) is -1.56. The molecule has 1 fully saturated rings. The lowest BCUT2D eigenvalue weighted by atomic mass is 10.0. The number of benzene rings is 1. The number of rotatable bonds is 5. The van der Waals surface area contributed by atoms with Crippen molar-refractivity contribution < 1.29 is 19.5 Å². The Balaban J connectivity index is 2.08. The third-order valence-corrected chi connectivity index (χ3v) is 4.01. The van der Waals surface area contributed by atoms with Crippen LogP contribution in [0.1, 0.15) is 36.0 Å². The summed E-state index contributed by atoms with van der Waals surface area (Å²) >= 11 is 0. The number of amides is 2. The summed E-state index contributed by atoms with van der Waals surface area (Å²) in [5, 5.41) is 11.2. The minimum absolute atomic E-state index is 0.109. The molecule has 2 amide bonds. The zero-order chi connectivity index (χ0) is 17.1. The minimum Gasteiger partial charge on any atom is -0.481 e. The van der Waals surface area contributed by atoms with Gasteiger partial charge in [-0.15, -0.1) is 0 Å². The number of nitrogens with zero attached hydrogens (tertiary/aromatic N) is 1. The maximum absolute atomic E-state index is 12.6. The second-order valence-corrected chi connectivity index (χ2v) is 6.04. The monoisotopic (exact) mass is 318 g/mol. The fourth-order valence-corrected chi connectivity index (χ4v) is 3.12. The molecule has 1 heterocycles. The number of aliphatic carboxylic acids is 1. The van der Waals surface area contributed by atoms with Gasteiger partial charge in [-0.3, -0.25) is 14.4 Å². The first kappa shape index (κ1) is 17.0. The Morgan fingerprint density at radius 2 is 1.83 bits per heavy atom. The van der Waals surface area contributed by atoms with Crippen molar-refractivity contribution in [1.29, 1.82) is 0 Å². The van der Waals surface area contributed by atoms with Crippen molar-refractivity contribution >= 4 is 23.5 Å². The zero-order valence-electron chi connectivity index (χ0n) is 13.7. The van der Waals surface area contributed by atoms with Gasteiger partial charge in [0.25, 0.3) is 0 Å². The van der Waals surface area contributed by atoms with E-state index in [-0.39, 0.29) is 18.7 Å². The first-order valence-electron chi connectivity index (χ1n) is 7.70. The highest BCUT2D eigenvalue weighted by atomic mass is 16.4. The fraction of sp³-hybridized carbons (Fsp3) is 0.471. The lowest BCUT2D eigenvalue weighted by Crippen LogP contribution is -2.41. The van der Waals surface area contributed by atoms with Crippen molar-refractivity contribution in [2.24, 2.45) is 0 Å². The molecule has 6 nitrogen and oxygen atoms in total. The number of hydrogen-bond acceptors (Lipinski definition) is 3. The SMILES string of the molecule is Cc1cc(C)c(N2CCC(NC(=O)CCC(=O)O)C2=O)c(C)c1. The quantitative estimate of drug-likeness (QED) is 0.865. The molecule has 1 aliphatic heterocycles. The molecule has 0 spiro atoms. The van der Waals surface area contributed by atoms with Crippen LogP contribution in [0, 0.1) is 20.8 Å². The lowest BCUT2D eigenvalue weighted by Gasteiger charge is -2.22. The Hall–Kier alpha value is -2.37. The molecule has 0 aromatic heterocycles. The molecular formula is C17H22N2O4. The van der Waals surface area contributed by atoms with Crippen molar-refractivity contribution in [2.45, 2.75) is 46.1 Å². The van der Waals surface area contributed by atoms with Gasteiger partial charge in [-0.05, 0) is 38.3 Å². The van der Waals surface area contributed by atoms with E-state index in [1.54, 1.807) is 4.90 Å². The second-order valence-electron chi connectivity index (χ2n) is 6.04. The van der Waals surface area contributed by atoms with Gasteiger partial charge in [0.2, 0.25) is 11.8 Å². The van der Waals surface area contributed by atoms with Gasteiger partial charge in [-0.1, -0.05) is 17.7 Å². The summed E-state index contributed by atoms with van der Waals surface area (Å²) in [6.07, 6.45) is 0.193. The first-order chi connectivity index (χ1) is 10.8. The average molecular weight is 318 g/mol.